The van der Waals surface area contributed by atoms with E-state index >= 15 is 0 Å². The zero-order valence-electron chi connectivity index (χ0n) is 12.2. The second-order valence-corrected chi connectivity index (χ2v) is 6.28. The molecular formula is C13H20N6OS. The molecule has 0 bridgehead atoms. The SMILES string of the molecule is CCCc1noc(CSc2nnnn2C2CCCCC2)n1. The summed E-state index contributed by atoms with van der Waals surface area (Å²) in [5.41, 5.74) is 0. The Morgan fingerprint density at radius 3 is 2.95 bits per heavy atom. The average Bonchev–Trinajstić information content (AvgIpc) is 3.15. The number of hydrogen-bond donors (Lipinski definition) is 0. The van der Waals surface area contributed by atoms with Crippen LogP contribution in [0.15, 0.2) is 9.68 Å². The number of hydrogen-bond acceptors (Lipinski definition) is 7. The van der Waals surface area contributed by atoms with Gasteiger partial charge in [-0.05, 0) is 29.7 Å². The van der Waals surface area contributed by atoms with Gasteiger partial charge < -0.3 is 4.52 Å². The van der Waals surface area contributed by atoms with Crippen LogP contribution in [0.5, 0.6) is 0 Å². The third-order valence-electron chi connectivity index (χ3n) is 3.69. The number of tetrazole rings is 1. The number of rotatable bonds is 6. The monoisotopic (exact) mass is 308 g/mol. The first-order valence-electron chi connectivity index (χ1n) is 7.59. The van der Waals surface area contributed by atoms with Gasteiger partial charge in [0.2, 0.25) is 11.0 Å². The highest BCUT2D eigenvalue weighted by Crippen LogP contribution is 2.30. The van der Waals surface area contributed by atoms with E-state index in [1.165, 1.54) is 32.1 Å². The van der Waals surface area contributed by atoms with Crippen molar-refractivity contribution < 1.29 is 4.52 Å². The van der Waals surface area contributed by atoms with Crippen LogP contribution in [0.2, 0.25) is 0 Å². The second kappa shape index (κ2) is 7.02. The Morgan fingerprint density at radius 2 is 2.14 bits per heavy atom. The third kappa shape index (κ3) is 3.61. The summed E-state index contributed by atoms with van der Waals surface area (Å²) in [4.78, 5) is 4.37. The summed E-state index contributed by atoms with van der Waals surface area (Å²) in [5.74, 6) is 2.03. The molecule has 3 rings (SSSR count). The Morgan fingerprint density at radius 1 is 1.29 bits per heavy atom. The van der Waals surface area contributed by atoms with E-state index in [2.05, 4.69) is 32.6 Å². The molecule has 1 aliphatic rings. The fourth-order valence-corrected chi connectivity index (χ4v) is 3.42. The second-order valence-electron chi connectivity index (χ2n) is 5.34. The van der Waals surface area contributed by atoms with Crippen molar-refractivity contribution >= 4 is 11.8 Å². The topological polar surface area (TPSA) is 82.5 Å². The first-order valence-corrected chi connectivity index (χ1v) is 8.57. The molecule has 1 aliphatic carbocycles. The van der Waals surface area contributed by atoms with E-state index in [1.54, 1.807) is 11.8 Å². The van der Waals surface area contributed by atoms with Crippen molar-refractivity contribution in [2.24, 2.45) is 0 Å². The molecule has 0 N–H and O–H groups in total. The van der Waals surface area contributed by atoms with E-state index < -0.39 is 0 Å². The largest absolute Gasteiger partial charge is 0.338 e. The maximum atomic E-state index is 5.24. The van der Waals surface area contributed by atoms with Crippen LogP contribution in [-0.4, -0.2) is 30.3 Å². The number of thioether (sulfide) groups is 1. The van der Waals surface area contributed by atoms with Crippen LogP contribution in [-0.2, 0) is 12.2 Å². The minimum Gasteiger partial charge on any atom is -0.338 e. The van der Waals surface area contributed by atoms with Gasteiger partial charge in [0.25, 0.3) is 0 Å². The molecule has 0 spiro atoms. The molecule has 1 fully saturated rings. The first-order chi connectivity index (χ1) is 10.4. The molecule has 2 aromatic heterocycles. The summed E-state index contributed by atoms with van der Waals surface area (Å²) in [6.07, 6.45) is 8.06. The van der Waals surface area contributed by atoms with Crippen molar-refractivity contribution in [3.8, 4) is 0 Å². The summed E-state index contributed by atoms with van der Waals surface area (Å²) < 4.78 is 7.21. The summed E-state index contributed by atoms with van der Waals surface area (Å²) in [6, 6.07) is 0.439. The molecule has 1 saturated carbocycles. The van der Waals surface area contributed by atoms with Crippen molar-refractivity contribution in [1.29, 1.82) is 0 Å². The van der Waals surface area contributed by atoms with Crippen LogP contribution in [0.25, 0.3) is 0 Å². The van der Waals surface area contributed by atoms with Crippen molar-refractivity contribution in [3.63, 3.8) is 0 Å². The van der Waals surface area contributed by atoms with Gasteiger partial charge in [-0.1, -0.05) is 43.1 Å². The Labute approximate surface area is 127 Å². The predicted molar refractivity (Wildman–Crippen MR) is 77.8 cm³/mol. The average molecular weight is 308 g/mol. The molecule has 21 heavy (non-hydrogen) atoms. The quantitative estimate of drug-likeness (QED) is 0.759. The van der Waals surface area contributed by atoms with E-state index in [1.807, 2.05) is 4.68 Å². The Hall–Kier alpha value is -1.44. The molecule has 2 aromatic rings. The van der Waals surface area contributed by atoms with Crippen molar-refractivity contribution in [1.82, 2.24) is 30.3 Å². The lowest BCUT2D eigenvalue weighted by molar-refractivity contribution is 0.307. The van der Waals surface area contributed by atoms with E-state index in [-0.39, 0.29) is 0 Å². The van der Waals surface area contributed by atoms with Crippen LogP contribution in [0.4, 0.5) is 0 Å². The standard InChI is InChI=1S/C13H20N6OS/c1-2-6-11-14-12(20-16-11)9-21-13-15-17-18-19(13)10-7-4-3-5-8-10/h10H,2-9H2,1H3. The van der Waals surface area contributed by atoms with Gasteiger partial charge in [0.1, 0.15) is 0 Å². The lowest BCUT2D eigenvalue weighted by atomic mass is 9.96. The minimum absolute atomic E-state index is 0.439. The maximum Gasteiger partial charge on any atom is 0.237 e. The Kier molecular flexibility index (Phi) is 4.84. The highest BCUT2D eigenvalue weighted by Gasteiger charge is 2.20. The van der Waals surface area contributed by atoms with Gasteiger partial charge in [0.15, 0.2) is 5.82 Å². The molecule has 2 heterocycles. The van der Waals surface area contributed by atoms with Gasteiger partial charge in [-0.2, -0.15) is 4.98 Å². The minimum atomic E-state index is 0.439. The van der Waals surface area contributed by atoms with Gasteiger partial charge in [-0.25, -0.2) is 4.68 Å². The van der Waals surface area contributed by atoms with E-state index in [9.17, 15) is 0 Å². The molecule has 0 amide bonds. The Bertz CT molecular complexity index is 563. The van der Waals surface area contributed by atoms with E-state index in [0.717, 1.165) is 23.8 Å². The summed E-state index contributed by atoms with van der Waals surface area (Å²) in [5, 5.41) is 16.9. The molecule has 8 heteroatoms. The molecular weight excluding hydrogens is 288 g/mol. The van der Waals surface area contributed by atoms with Crippen molar-refractivity contribution in [2.45, 2.75) is 68.8 Å². The van der Waals surface area contributed by atoms with Gasteiger partial charge >= 0.3 is 0 Å². The highest BCUT2D eigenvalue weighted by molar-refractivity contribution is 7.98. The van der Waals surface area contributed by atoms with Gasteiger partial charge in [-0.3, -0.25) is 0 Å². The molecule has 114 valence electrons. The van der Waals surface area contributed by atoms with Crippen LogP contribution in [0.3, 0.4) is 0 Å². The summed E-state index contributed by atoms with van der Waals surface area (Å²) in [6.45, 7) is 2.10. The number of aromatic nitrogens is 6. The molecule has 0 unspecified atom stereocenters. The Balaban J connectivity index is 1.61. The van der Waals surface area contributed by atoms with Gasteiger partial charge in [0.05, 0.1) is 11.8 Å². The van der Waals surface area contributed by atoms with E-state index in [0.29, 0.717) is 17.7 Å². The molecule has 0 radical (unpaired) electrons. The zero-order chi connectivity index (χ0) is 14.5. The molecule has 0 aromatic carbocycles. The fourth-order valence-electron chi connectivity index (χ4n) is 2.64. The maximum absolute atomic E-state index is 5.24. The highest BCUT2D eigenvalue weighted by atomic mass is 32.2. The first kappa shape index (κ1) is 14.5. The van der Waals surface area contributed by atoms with Crippen LogP contribution < -0.4 is 0 Å². The van der Waals surface area contributed by atoms with Crippen LogP contribution in [0.1, 0.15) is 63.2 Å². The smallest absolute Gasteiger partial charge is 0.237 e. The zero-order valence-corrected chi connectivity index (χ0v) is 13.1. The van der Waals surface area contributed by atoms with Crippen molar-refractivity contribution in [2.75, 3.05) is 0 Å². The molecule has 7 nitrogen and oxygen atoms in total. The van der Waals surface area contributed by atoms with Gasteiger partial charge in [-0.15, -0.1) is 5.10 Å². The van der Waals surface area contributed by atoms with Crippen molar-refractivity contribution in [3.05, 3.63) is 11.7 Å². The molecule has 0 atom stereocenters. The molecule has 0 saturated heterocycles. The van der Waals surface area contributed by atoms with Crippen LogP contribution in [0, 0.1) is 0 Å². The molecule has 0 aliphatic heterocycles. The van der Waals surface area contributed by atoms with E-state index in [4.69, 9.17) is 4.52 Å². The normalized spacial score (nSPS) is 16.4. The third-order valence-corrected chi connectivity index (χ3v) is 4.61. The fraction of sp³-hybridized carbons (Fsp3) is 0.769. The number of nitrogens with zero attached hydrogens (tertiary/aromatic N) is 6. The van der Waals surface area contributed by atoms with Crippen LogP contribution >= 0.6 is 11.8 Å². The number of aryl methyl sites for hydroxylation is 1. The lowest BCUT2D eigenvalue weighted by Gasteiger charge is -2.21. The predicted octanol–water partition coefficient (Wildman–Crippen LogP) is 2.81. The van der Waals surface area contributed by atoms with Gasteiger partial charge in [0, 0.05) is 6.42 Å². The lowest BCUT2D eigenvalue weighted by Crippen LogP contribution is -2.15. The summed E-state index contributed by atoms with van der Waals surface area (Å²) >= 11 is 1.56. The summed E-state index contributed by atoms with van der Waals surface area (Å²) in [7, 11) is 0.